The van der Waals surface area contributed by atoms with E-state index < -0.39 is 17.5 Å². The van der Waals surface area contributed by atoms with Crippen LogP contribution in [0.3, 0.4) is 0 Å². The SMILES string of the molecule is CC.CC(C)OC(=O)CNPOC[C@@H]1C[C@H](C)[C@H](n2ccc(=O)[nH]c2=O)O1.Cn1c2ccccc2c2ccc(O)cc21.F.O.O. The summed E-state index contributed by atoms with van der Waals surface area (Å²) in [6.45, 7) is 10.0. The number of rotatable bonds is 8. The minimum atomic E-state index is -0.488. The zero-order valence-electron chi connectivity index (χ0n) is 26.3. The molecule has 0 spiro atoms. The van der Waals surface area contributed by atoms with E-state index in [2.05, 4.69) is 26.8 Å². The monoisotopic (exact) mass is 656 g/mol. The van der Waals surface area contributed by atoms with E-state index in [1.165, 1.54) is 33.1 Å². The van der Waals surface area contributed by atoms with Crippen LogP contribution >= 0.6 is 8.96 Å². The van der Waals surface area contributed by atoms with Crippen LogP contribution in [0.25, 0.3) is 21.8 Å². The highest BCUT2D eigenvalue weighted by Crippen LogP contribution is 2.33. The molecule has 0 aliphatic carbocycles. The second kappa shape index (κ2) is 19.7. The molecule has 2 aromatic carbocycles. The van der Waals surface area contributed by atoms with Crippen LogP contribution in [0.2, 0.25) is 0 Å². The number of esters is 1. The fourth-order valence-corrected chi connectivity index (χ4v) is 5.33. The number of nitrogens with zero attached hydrogens (tertiary/aromatic N) is 2. The number of aromatic hydroxyl groups is 1. The third kappa shape index (κ3) is 11.0. The largest absolute Gasteiger partial charge is 0.508 e. The van der Waals surface area contributed by atoms with E-state index in [0.29, 0.717) is 12.4 Å². The molecule has 1 aliphatic heterocycles. The Bertz CT molecular complexity index is 1590. The standard InChI is InChI=1S/C15H24N3O6P.C13H11NO.C2H6.FH.2H2O/c1-9(2)23-13(20)7-16-25-22-8-11-6-10(3)14(24-11)18-5-4-12(19)17-15(18)21;1-14-12-5-3-2-4-10(12)11-7-6-9(15)8-13(11)14;1-2;;;/h4-5,9-11,14,16,25H,6-8H2,1-3H3,(H,17,19,21);2-8,15H,1H3;1-2H3;1H;2*1H2/t10-,11-,14+;;;;;/m0...../s1. The molecule has 1 saturated heterocycles. The molecule has 5 rings (SSSR count). The second-order valence-electron chi connectivity index (χ2n) is 9.96. The van der Waals surface area contributed by atoms with Crippen molar-refractivity contribution < 1.29 is 39.6 Å². The first-order valence-electron chi connectivity index (χ1n) is 14.1. The summed E-state index contributed by atoms with van der Waals surface area (Å²) in [5.74, 6) is 0.0947. The maximum absolute atomic E-state index is 11.9. The van der Waals surface area contributed by atoms with E-state index in [1.807, 2.05) is 46.0 Å². The minimum Gasteiger partial charge on any atom is -0.508 e. The number of aromatic nitrogens is 3. The number of aromatic amines is 1. The average Bonchev–Trinajstić information content (AvgIpc) is 3.46. The molecule has 1 unspecified atom stereocenters. The summed E-state index contributed by atoms with van der Waals surface area (Å²) in [5.41, 5.74) is 1.34. The molecule has 3 heterocycles. The first-order valence-corrected chi connectivity index (χ1v) is 15.0. The highest BCUT2D eigenvalue weighted by molar-refractivity contribution is 7.29. The Kier molecular flexibility index (Phi) is 18.1. The van der Waals surface area contributed by atoms with Gasteiger partial charge >= 0.3 is 11.7 Å². The van der Waals surface area contributed by atoms with Gasteiger partial charge in [-0.1, -0.05) is 39.0 Å². The smallest absolute Gasteiger partial charge is 0.330 e. The van der Waals surface area contributed by atoms with Crippen molar-refractivity contribution in [3.8, 4) is 5.75 Å². The van der Waals surface area contributed by atoms with Crippen molar-refractivity contribution in [3.05, 3.63) is 75.6 Å². The van der Waals surface area contributed by atoms with Crippen LogP contribution in [0.5, 0.6) is 5.75 Å². The molecule has 4 aromatic rings. The molecule has 15 heteroatoms. The normalized spacial score (nSPS) is 17.0. The molecule has 45 heavy (non-hydrogen) atoms. The maximum atomic E-state index is 11.9. The molecule has 2 aromatic heterocycles. The number of para-hydroxylation sites is 1. The van der Waals surface area contributed by atoms with Crippen LogP contribution in [0.1, 0.15) is 47.3 Å². The van der Waals surface area contributed by atoms with Crippen molar-refractivity contribution in [3.63, 3.8) is 0 Å². The lowest BCUT2D eigenvalue weighted by molar-refractivity contribution is -0.145. The Balaban J connectivity index is 0.000000832. The summed E-state index contributed by atoms with van der Waals surface area (Å²) >= 11 is 0. The molecule has 1 fully saturated rings. The quantitative estimate of drug-likeness (QED) is 0.146. The van der Waals surface area contributed by atoms with Gasteiger partial charge in [-0.2, -0.15) is 0 Å². The van der Waals surface area contributed by atoms with Crippen molar-refractivity contribution in [2.24, 2.45) is 13.0 Å². The Morgan fingerprint density at radius 3 is 2.44 bits per heavy atom. The van der Waals surface area contributed by atoms with Crippen molar-refractivity contribution in [2.75, 3.05) is 13.2 Å². The predicted molar refractivity (Wildman–Crippen MR) is 176 cm³/mol. The van der Waals surface area contributed by atoms with Gasteiger partial charge in [-0.3, -0.25) is 28.9 Å². The summed E-state index contributed by atoms with van der Waals surface area (Å²) < 4.78 is 19.8. The highest BCUT2D eigenvalue weighted by atomic mass is 31.1. The number of phenolic OH excluding ortho intramolecular Hbond substituents is 1. The number of benzene rings is 2. The molecule has 1 aliphatic rings. The van der Waals surface area contributed by atoms with Gasteiger partial charge < -0.3 is 34.6 Å². The second-order valence-corrected chi connectivity index (χ2v) is 10.8. The van der Waals surface area contributed by atoms with Crippen LogP contribution in [0, 0.1) is 5.92 Å². The van der Waals surface area contributed by atoms with Crippen LogP contribution in [-0.2, 0) is 25.8 Å². The molecular weight excluding hydrogens is 610 g/mol. The van der Waals surface area contributed by atoms with E-state index in [1.54, 1.807) is 26.0 Å². The Morgan fingerprint density at radius 1 is 1.11 bits per heavy atom. The zero-order chi connectivity index (χ0) is 30.8. The number of carbonyl (C=O) groups excluding carboxylic acids is 1. The van der Waals surface area contributed by atoms with E-state index in [9.17, 15) is 19.5 Å². The minimum absolute atomic E-state index is 0. The van der Waals surface area contributed by atoms with Gasteiger partial charge in [0, 0.05) is 47.6 Å². The number of fused-ring (bicyclic) bond motifs is 3. The van der Waals surface area contributed by atoms with Gasteiger partial charge in [-0.25, -0.2) is 4.79 Å². The van der Waals surface area contributed by atoms with Gasteiger partial charge in [0.1, 0.15) is 12.0 Å². The number of ether oxygens (including phenoxy) is 2. The van der Waals surface area contributed by atoms with Crippen LogP contribution in [0.15, 0.2) is 64.3 Å². The molecule has 4 atom stereocenters. The number of nitrogens with one attached hydrogen (secondary N) is 2. The van der Waals surface area contributed by atoms with Crippen molar-refractivity contribution in [2.45, 2.75) is 59.5 Å². The summed E-state index contributed by atoms with van der Waals surface area (Å²) in [6, 6.07) is 15.1. The highest BCUT2D eigenvalue weighted by Gasteiger charge is 2.34. The number of H-pyrrole nitrogens is 1. The van der Waals surface area contributed by atoms with Crippen molar-refractivity contribution in [1.82, 2.24) is 19.2 Å². The average molecular weight is 657 g/mol. The third-order valence-corrected chi connectivity index (χ3v) is 7.12. The van der Waals surface area contributed by atoms with Crippen molar-refractivity contribution >= 4 is 36.7 Å². The van der Waals surface area contributed by atoms with E-state index in [0.717, 1.165) is 11.9 Å². The van der Waals surface area contributed by atoms with Gasteiger partial charge in [0.05, 0.1) is 39.8 Å². The van der Waals surface area contributed by atoms with Crippen LogP contribution in [0.4, 0.5) is 4.70 Å². The van der Waals surface area contributed by atoms with Gasteiger partial charge in [-0.15, -0.1) is 0 Å². The number of phenols is 1. The summed E-state index contributed by atoms with van der Waals surface area (Å²) in [4.78, 5) is 36.6. The summed E-state index contributed by atoms with van der Waals surface area (Å²) in [6.07, 6.45) is 1.44. The van der Waals surface area contributed by atoms with Gasteiger partial charge in [-0.05, 0) is 38.5 Å². The lowest BCUT2D eigenvalue weighted by Crippen LogP contribution is -2.33. The molecule has 0 bridgehead atoms. The lowest BCUT2D eigenvalue weighted by atomic mass is 10.1. The Labute approximate surface area is 262 Å². The zero-order valence-corrected chi connectivity index (χ0v) is 27.3. The van der Waals surface area contributed by atoms with Gasteiger partial charge in [0.2, 0.25) is 0 Å². The lowest BCUT2D eigenvalue weighted by Gasteiger charge is -2.17. The van der Waals surface area contributed by atoms with E-state index in [-0.39, 0.29) is 55.3 Å². The fourth-order valence-electron chi connectivity index (χ4n) is 4.74. The van der Waals surface area contributed by atoms with Gasteiger partial charge in [0.25, 0.3) is 5.56 Å². The first kappa shape index (κ1) is 41.4. The van der Waals surface area contributed by atoms with E-state index in [4.69, 9.17) is 14.0 Å². The maximum Gasteiger partial charge on any atom is 0.330 e. The fraction of sp³-hybridized carbons (Fsp3) is 0.433. The molecule has 0 amide bonds. The summed E-state index contributed by atoms with van der Waals surface area (Å²) in [5, 5.41) is 14.7. The molecule has 13 nitrogen and oxygen atoms in total. The predicted octanol–water partition coefficient (Wildman–Crippen LogP) is 3.09. The first-order chi connectivity index (χ1) is 20.1. The number of aryl methyl sites for hydroxylation is 1. The Hall–Kier alpha value is -3.65. The van der Waals surface area contributed by atoms with E-state index >= 15 is 0 Å². The van der Waals surface area contributed by atoms with Gasteiger partial charge in [0.15, 0.2) is 0 Å². The Morgan fingerprint density at radius 2 is 1.78 bits per heavy atom. The van der Waals surface area contributed by atoms with Crippen molar-refractivity contribution in [1.29, 1.82) is 0 Å². The molecule has 252 valence electrons. The number of halogens is 1. The number of carbonyl (C=O) groups is 1. The molecule has 7 N–H and O–H groups in total. The number of hydrogen-bond acceptors (Lipinski definition) is 8. The molecule has 0 radical (unpaired) electrons. The molecule has 0 saturated carbocycles. The topological polar surface area (TPSA) is 200 Å². The van der Waals surface area contributed by atoms with Crippen LogP contribution < -0.4 is 16.3 Å². The van der Waals surface area contributed by atoms with Crippen LogP contribution in [-0.4, -0.2) is 61.5 Å². The summed E-state index contributed by atoms with van der Waals surface area (Å²) in [7, 11) is 1.97. The third-order valence-electron chi connectivity index (χ3n) is 6.49. The molecular formula is C30H46FN4O9P. The number of hydrogen-bond donors (Lipinski definition) is 3.